The van der Waals surface area contributed by atoms with E-state index in [1.54, 1.807) is 0 Å². The highest BCUT2D eigenvalue weighted by Gasteiger charge is 2.38. The van der Waals surface area contributed by atoms with Gasteiger partial charge in [-0.05, 0) is 18.2 Å². The molecule has 1 atom stereocenters. The Kier molecular flexibility index (Phi) is 4.41. The van der Waals surface area contributed by atoms with Crippen molar-refractivity contribution in [3.05, 3.63) is 29.3 Å². The SMILES string of the molecule is COc1c(O)c2c(c(OC)c1OC)OC(c1cc(O)ccc1O)C(=O)C2. The number of benzene rings is 2. The topological polar surface area (TPSA) is 115 Å². The minimum Gasteiger partial charge on any atom is -0.508 e. The second kappa shape index (κ2) is 6.55. The molecule has 3 N–H and O–H groups in total. The highest BCUT2D eigenvalue weighted by Crippen LogP contribution is 2.55. The summed E-state index contributed by atoms with van der Waals surface area (Å²) in [6.45, 7) is 0. The quantitative estimate of drug-likeness (QED) is 0.708. The molecule has 0 aliphatic carbocycles. The maximum Gasteiger partial charge on any atom is 0.211 e. The van der Waals surface area contributed by atoms with Gasteiger partial charge in [-0.2, -0.15) is 0 Å². The standard InChI is InChI=1S/C18H18O8/c1-23-16-13(22)10-7-12(21)14(9-6-8(19)4-5-11(9)20)26-15(10)17(24-2)18(16)25-3/h4-6,14,19-20,22H,7H2,1-3H3. The van der Waals surface area contributed by atoms with E-state index in [1.165, 1.54) is 39.5 Å². The number of carbonyl (C=O) groups is 1. The van der Waals surface area contributed by atoms with E-state index in [1.807, 2.05) is 0 Å². The van der Waals surface area contributed by atoms with Gasteiger partial charge in [0.25, 0.3) is 0 Å². The van der Waals surface area contributed by atoms with Crippen LogP contribution >= 0.6 is 0 Å². The molecule has 0 aromatic heterocycles. The molecule has 1 aliphatic heterocycles. The smallest absolute Gasteiger partial charge is 0.211 e. The lowest BCUT2D eigenvalue weighted by atomic mass is 9.94. The van der Waals surface area contributed by atoms with Gasteiger partial charge >= 0.3 is 0 Å². The third-order valence-corrected chi connectivity index (χ3v) is 4.18. The summed E-state index contributed by atoms with van der Waals surface area (Å²) in [6, 6.07) is 3.80. The predicted molar refractivity (Wildman–Crippen MR) is 89.6 cm³/mol. The fourth-order valence-corrected chi connectivity index (χ4v) is 2.98. The largest absolute Gasteiger partial charge is 0.508 e. The molecule has 8 nitrogen and oxygen atoms in total. The molecule has 1 aliphatic rings. The molecule has 1 unspecified atom stereocenters. The minimum atomic E-state index is -1.18. The van der Waals surface area contributed by atoms with Gasteiger partial charge in [-0.1, -0.05) is 0 Å². The van der Waals surface area contributed by atoms with Crippen molar-refractivity contribution >= 4 is 5.78 Å². The fourth-order valence-electron chi connectivity index (χ4n) is 2.98. The van der Waals surface area contributed by atoms with Gasteiger partial charge in [0.1, 0.15) is 11.5 Å². The highest BCUT2D eigenvalue weighted by molar-refractivity contribution is 5.92. The van der Waals surface area contributed by atoms with Crippen LogP contribution in [0.15, 0.2) is 18.2 Å². The number of carbonyl (C=O) groups excluding carboxylic acids is 1. The molecule has 0 spiro atoms. The zero-order valence-electron chi connectivity index (χ0n) is 14.4. The van der Waals surface area contributed by atoms with Crippen molar-refractivity contribution in [1.82, 2.24) is 0 Å². The summed E-state index contributed by atoms with van der Waals surface area (Å²) < 4.78 is 21.5. The third kappa shape index (κ3) is 2.59. The van der Waals surface area contributed by atoms with Crippen LogP contribution in [0.3, 0.4) is 0 Å². The van der Waals surface area contributed by atoms with E-state index in [0.717, 1.165) is 0 Å². The molecular formula is C18H18O8. The average molecular weight is 362 g/mol. The summed E-state index contributed by atoms with van der Waals surface area (Å²) >= 11 is 0. The molecule has 0 amide bonds. The number of ketones is 1. The summed E-state index contributed by atoms with van der Waals surface area (Å²) in [5, 5.41) is 30.2. The monoisotopic (exact) mass is 362 g/mol. The van der Waals surface area contributed by atoms with Gasteiger partial charge in [0.2, 0.25) is 17.2 Å². The molecule has 2 aromatic rings. The summed E-state index contributed by atoms with van der Waals surface area (Å²) in [6.07, 6.45) is -1.36. The summed E-state index contributed by atoms with van der Waals surface area (Å²) in [5.74, 6) is -0.632. The number of rotatable bonds is 4. The molecule has 0 radical (unpaired) electrons. The lowest BCUT2D eigenvalue weighted by Crippen LogP contribution is -2.26. The molecule has 8 heteroatoms. The van der Waals surface area contributed by atoms with E-state index < -0.39 is 11.9 Å². The Morgan fingerprint density at radius 3 is 2.27 bits per heavy atom. The number of hydrogen-bond donors (Lipinski definition) is 3. The van der Waals surface area contributed by atoms with Crippen molar-refractivity contribution in [2.45, 2.75) is 12.5 Å². The second-order valence-electron chi connectivity index (χ2n) is 5.64. The van der Waals surface area contributed by atoms with Gasteiger partial charge in [0.15, 0.2) is 23.4 Å². The van der Waals surface area contributed by atoms with Crippen molar-refractivity contribution in [2.24, 2.45) is 0 Å². The van der Waals surface area contributed by atoms with Crippen molar-refractivity contribution in [3.63, 3.8) is 0 Å². The van der Waals surface area contributed by atoms with Crippen LogP contribution in [-0.2, 0) is 11.2 Å². The van der Waals surface area contributed by atoms with Crippen molar-refractivity contribution in [1.29, 1.82) is 0 Å². The van der Waals surface area contributed by atoms with Crippen LogP contribution < -0.4 is 18.9 Å². The number of ether oxygens (including phenoxy) is 4. The van der Waals surface area contributed by atoms with E-state index in [0.29, 0.717) is 0 Å². The normalized spacial score (nSPS) is 15.8. The van der Waals surface area contributed by atoms with E-state index in [-0.39, 0.29) is 57.8 Å². The Labute approximate surface area is 149 Å². The number of Topliss-reactive ketones (excluding diaryl/α,β-unsaturated/α-hetero) is 1. The summed E-state index contributed by atoms with van der Waals surface area (Å²) in [4.78, 5) is 12.6. The first-order valence-corrected chi connectivity index (χ1v) is 7.67. The molecule has 26 heavy (non-hydrogen) atoms. The second-order valence-corrected chi connectivity index (χ2v) is 5.64. The van der Waals surface area contributed by atoms with E-state index in [2.05, 4.69) is 0 Å². The fraction of sp³-hybridized carbons (Fsp3) is 0.278. The lowest BCUT2D eigenvalue weighted by Gasteiger charge is -2.29. The van der Waals surface area contributed by atoms with Gasteiger partial charge < -0.3 is 34.3 Å². The maximum atomic E-state index is 12.6. The predicted octanol–water partition coefficient (Wildman–Crippen LogP) is 2.07. The molecule has 138 valence electrons. The lowest BCUT2D eigenvalue weighted by molar-refractivity contribution is -0.126. The Hall–Kier alpha value is -3.29. The average Bonchev–Trinajstić information content (AvgIpc) is 2.63. The highest BCUT2D eigenvalue weighted by atomic mass is 16.6. The summed E-state index contributed by atoms with van der Waals surface area (Å²) in [7, 11) is 4.11. The molecular weight excluding hydrogens is 344 g/mol. The Bertz CT molecular complexity index is 874. The van der Waals surface area contributed by atoms with E-state index >= 15 is 0 Å². The van der Waals surface area contributed by atoms with Gasteiger partial charge in [0, 0.05) is 12.0 Å². The van der Waals surface area contributed by atoms with E-state index in [9.17, 15) is 20.1 Å². The van der Waals surface area contributed by atoms with Crippen LogP contribution in [0.4, 0.5) is 0 Å². The van der Waals surface area contributed by atoms with Gasteiger partial charge in [-0.3, -0.25) is 4.79 Å². The number of hydrogen-bond acceptors (Lipinski definition) is 8. The van der Waals surface area contributed by atoms with Crippen LogP contribution in [0.1, 0.15) is 17.2 Å². The van der Waals surface area contributed by atoms with Gasteiger partial charge in [0.05, 0.1) is 26.9 Å². The Morgan fingerprint density at radius 2 is 1.65 bits per heavy atom. The number of methoxy groups -OCH3 is 3. The first-order valence-electron chi connectivity index (χ1n) is 7.67. The van der Waals surface area contributed by atoms with Gasteiger partial charge in [-0.15, -0.1) is 0 Å². The molecule has 0 saturated heterocycles. The number of phenolic OH excluding ortho intramolecular Hbond substituents is 3. The molecule has 0 bridgehead atoms. The van der Waals surface area contributed by atoms with Crippen LogP contribution in [0.2, 0.25) is 0 Å². The van der Waals surface area contributed by atoms with Crippen molar-refractivity contribution in [2.75, 3.05) is 21.3 Å². The van der Waals surface area contributed by atoms with Crippen molar-refractivity contribution in [3.8, 4) is 40.2 Å². The number of aromatic hydroxyl groups is 3. The van der Waals surface area contributed by atoms with Crippen LogP contribution in [0.5, 0.6) is 40.2 Å². The molecule has 1 heterocycles. The number of fused-ring (bicyclic) bond motifs is 1. The molecule has 3 rings (SSSR count). The zero-order chi connectivity index (χ0) is 19.0. The molecule has 2 aromatic carbocycles. The van der Waals surface area contributed by atoms with Gasteiger partial charge in [-0.25, -0.2) is 0 Å². The van der Waals surface area contributed by atoms with E-state index in [4.69, 9.17) is 18.9 Å². The first-order chi connectivity index (χ1) is 12.4. The molecule has 0 saturated carbocycles. The molecule has 0 fully saturated rings. The number of phenols is 3. The third-order valence-electron chi connectivity index (χ3n) is 4.18. The Balaban J connectivity index is 2.19. The van der Waals surface area contributed by atoms with Crippen LogP contribution in [-0.4, -0.2) is 42.4 Å². The summed E-state index contributed by atoms with van der Waals surface area (Å²) in [5.41, 5.74) is 0.303. The van der Waals surface area contributed by atoms with Crippen LogP contribution in [0.25, 0.3) is 0 Å². The minimum absolute atomic E-state index is 0.0261. The maximum absolute atomic E-state index is 12.6. The zero-order valence-corrected chi connectivity index (χ0v) is 14.4. The van der Waals surface area contributed by atoms with Crippen molar-refractivity contribution < 1.29 is 39.1 Å². The Morgan fingerprint density at radius 1 is 1.00 bits per heavy atom. The van der Waals surface area contributed by atoms with Crippen LogP contribution in [0, 0.1) is 0 Å². The first kappa shape index (κ1) is 17.5.